The molecular formula is C10H11N2Y-. The molecule has 13 heavy (non-hydrogen) atoms. The molecule has 2 rings (SSSR count). The summed E-state index contributed by atoms with van der Waals surface area (Å²) >= 11 is 0. The number of hydrogen-bond acceptors (Lipinski definition) is 1. The van der Waals surface area contributed by atoms with Crippen molar-refractivity contribution in [1.82, 2.24) is 9.55 Å². The van der Waals surface area contributed by atoms with Gasteiger partial charge in [0.15, 0.2) is 0 Å². The molecule has 0 saturated carbocycles. The van der Waals surface area contributed by atoms with Crippen LogP contribution in [0.5, 0.6) is 0 Å². The van der Waals surface area contributed by atoms with E-state index in [0.29, 0.717) is 6.04 Å². The molecule has 0 aromatic carbocycles. The van der Waals surface area contributed by atoms with Crippen LogP contribution in [0, 0.1) is 6.07 Å². The zero-order valence-corrected chi connectivity index (χ0v) is 10.7. The van der Waals surface area contributed by atoms with Gasteiger partial charge in [0.2, 0.25) is 0 Å². The third-order valence-corrected chi connectivity index (χ3v) is 1.97. The minimum atomic E-state index is 0. The maximum Gasteiger partial charge on any atom is 0.0544 e. The Balaban J connectivity index is 0.000000845. The van der Waals surface area contributed by atoms with Crippen LogP contribution in [-0.2, 0) is 32.7 Å². The van der Waals surface area contributed by atoms with Crippen molar-refractivity contribution < 1.29 is 32.7 Å². The van der Waals surface area contributed by atoms with Gasteiger partial charge in [-0.3, -0.25) is 4.98 Å². The average Bonchev–Trinajstić information content (AvgIpc) is 2.47. The minimum absolute atomic E-state index is 0. The second-order valence-electron chi connectivity index (χ2n) is 3.16. The molecule has 0 aliphatic heterocycles. The van der Waals surface area contributed by atoms with Crippen LogP contribution >= 0.6 is 0 Å². The third kappa shape index (κ3) is 2.00. The molecule has 2 aromatic heterocycles. The molecule has 2 aromatic rings. The van der Waals surface area contributed by atoms with Crippen LogP contribution in [-0.4, -0.2) is 9.55 Å². The van der Waals surface area contributed by atoms with Crippen LogP contribution < -0.4 is 0 Å². The van der Waals surface area contributed by atoms with Gasteiger partial charge in [-0.25, -0.2) is 12.1 Å². The fourth-order valence-corrected chi connectivity index (χ4v) is 1.35. The molecule has 0 unspecified atom stereocenters. The summed E-state index contributed by atoms with van der Waals surface area (Å²) in [5.74, 6) is 0. The van der Waals surface area contributed by atoms with Gasteiger partial charge >= 0.3 is 0 Å². The Morgan fingerprint density at radius 3 is 2.92 bits per heavy atom. The summed E-state index contributed by atoms with van der Waals surface area (Å²) in [6.45, 7) is 4.30. The van der Waals surface area contributed by atoms with Gasteiger partial charge in [-0.2, -0.15) is 0 Å². The zero-order chi connectivity index (χ0) is 8.55. The summed E-state index contributed by atoms with van der Waals surface area (Å²) in [5, 5.41) is 1.16. The Morgan fingerprint density at radius 1 is 1.46 bits per heavy atom. The van der Waals surface area contributed by atoms with Crippen LogP contribution in [0.4, 0.5) is 0 Å². The zero-order valence-electron chi connectivity index (χ0n) is 7.86. The molecule has 3 heteroatoms. The molecule has 2 heterocycles. The number of hydrogen-bond donors (Lipinski definition) is 0. The van der Waals surface area contributed by atoms with Gasteiger partial charge < -0.3 is 4.57 Å². The number of fused-ring (bicyclic) bond motifs is 1. The number of aromatic nitrogens is 2. The fourth-order valence-electron chi connectivity index (χ4n) is 1.35. The Morgan fingerprint density at radius 2 is 2.23 bits per heavy atom. The Labute approximate surface area is 103 Å². The van der Waals surface area contributed by atoms with Crippen molar-refractivity contribution in [3.05, 3.63) is 30.6 Å². The van der Waals surface area contributed by atoms with Crippen molar-refractivity contribution in [2.24, 2.45) is 0 Å². The van der Waals surface area contributed by atoms with E-state index in [1.165, 1.54) is 0 Å². The molecule has 65 valence electrons. The van der Waals surface area contributed by atoms with Crippen molar-refractivity contribution in [3.63, 3.8) is 0 Å². The van der Waals surface area contributed by atoms with Crippen LogP contribution in [0.2, 0.25) is 0 Å². The van der Waals surface area contributed by atoms with Crippen LogP contribution in [0.15, 0.2) is 24.5 Å². The first-order valence-corrected chi connectivity index (χ1v) is 4.11. The Bertz CT molecular complexity index is 392. The van der Waals surface area contributed by atoms with Crippen molar-refractivity contribution >= 4 is 11.0 Å². The van der Waals surface area contributed by atoms with E-state index in [1.54, 1.807) is 6.20 Å². The summed E-state index contributed by atoms with van der Waals surface area (Å²) in [7, 11) is 0. The summed E-state index contributed by atoms with van der Waals surface area (Å²) in [5.41, 5.74) is 1.05. The van der Waals surface area contributed by atoms with Crippen LogP contribution in [0.25, 0.3) is 11.0 Å². The predicted octanol–water partition coefficient (Wildman–Crippen LogP) is 2.41. The second-order valence-corrected chi connectivity index (χ2v) is 3.16. The van der Waals surface area contributed by atoms with Gasteiger partial charge in [-0.1, -0.05) is 6.20 Å². The van der Waals surface area contributed by atoms with E-state index in [0.717, 1.165) is 11.0 Å². The maximum absolute atomic E-state index is 4.27. The summed E-state index contributed by atoms with van der Waals surface area (Å²) in [4.78, 5) is 4.27. The number of rotatable bonds is 1. The first-order chi connectivity index (χ1) is 5.79. The normalized spacial score (nSPS) is 10.4. The SMILES string of the molecule is CC(C)n1ccc2c[c-]cnc21.[Y]. The molecule has 0 atom stereocenters. The van der Waals surface area contributed by atoms with E-state index in [1.807, 2.05) is 6.07 Å². The molecule has 0 aliphatic carbocycles. The van der Waals surface area contributed by atoms with Crippen LogP contribution in [0.1, 0.15) is 19.9 Å². The van der Waals surface area contributed by atoms with Gasteiger partial charge in [0.1, 0.15) is 0 Å². The van der Waals surface area contributed by atoms with Crippen molar-refractivity contribution in [2.75, 3.05) is 0 Å². The molecule has 0 N–H and O–H groups in total. The summed E-state index contributed by atoms with van der Waals surface area (Å²) in [6, 6.07) is 7.46. The minimum Gasteiger partial charge on any atom is -0.346 e. The molecule has 1 radical (unpaired) electrons. The Kier molecular flexibility index (Phi) is 3.63. The number of pyridine rings is 1. The molecule has 0 aliphatic rings. The summed E-state index contributed by atoms with van der Waals surface area (Å²) in [6.07, 6.45) is 3.78. The standard InChI is InChI=1S/C10H11N2.Y/c1-8(2)12-7-5-9-4-3-6-11-10(9)12;/h4-8H,1-2H3;/q-1;. The van der Waals surface area contributed by atoms with E-state index in [9.17, 15) is 0 Å². The smallest absolute Gasteiger partial charge is 0.0544 e. The molecule has 0 bridgehead atoms. The third-order valence-electron chi connectivity index (χ3n) is 1.97. The predicted molar refractivity (Wildman–Crippen MR) is 49.0 cm³/mol. The average molecular weight is 248 g/mol. The van der Waals surface area contributed by atoms with E-state index in [2.05, 4.69) is 41.7 Å². The van der Waals surface area contributed by atoms with E-state index < -0.39 is 0 Å². The molecular weight excluding hydrogens is 237 g/mol. The monoisotopic (exact) mass is 248 g/mol. The molecule has 2 nitrogen and oxygen atoms in total. The van der Waals surface area contributed by atoms with E-state index in [-0.39, 0.29) is 32.7 Å². The van der Waals surface area contributed by atoms with Crippen molar-refractivity contribution in [1.29, 1.82) is 0 Å². The Hall–Kier alpha value is -0.206. The maximum atomic E-state index is 4.27. The van der Waals surface area contributed by atoms with Crippen molar-refractivity contribution in [2.45, 2.75) is 19.9 Å². The van der Waals surface area contributed by atoms with Gasteiger partial charge in [0.05, 0.1) is 5.65 Å². The largest absolute Gasteiger partial charge is 0.346 e. The van der Waals surface area contributed by atoms with Gasteiger partial charge in [-0.15, -0.1) is 11.5 Å². The number of nitrogens with zero attached hydrogens (tertiary/aromatic N) is 2. The summed E-state index contributed by atoms with van der Waals surface area (Å²) < 4.78 is 2.16. The van der Waals surface area contributed by atoms with Gasteiger partial charge in [-0.05, 0) is 20.0 Å². The first-order valence-electron chi connectivity index (χ1n) is 4.11. The first kappa shape index (κ1) is 10.9. The molecule has 0 saturated heterocycles. The van der Waals surface area contributed by atoms with Crippen LogP contribution in [0.3, 0.4) is 0 Å². The quantitative estimate of drug-likeness (QED) is 0.708. The van der Waals surface area contributed by atoms with Gasteiger partial charge in [0.25, 0.3) is 0 Å². The van der Waals surface area contributed by atoms with E-state index in [4.69, 9.17) is 0 Å². The van der Waals surface area contributed by atoms with Gasteiger partial charge in [0, 0.05) is 38.8 Å². The second kappa shape index (κ2) is 4.34. The topological polar surface area (TPSA) is 17.8 Å². The molecule has 0 amide bonds. The fraction of sp³-hybridized carbons (Fsp3) is 0.300. The van der Waals surface area contributed by atoms with E-state index >= 15 is 0 Å². The molecule has 0 fully saturated rings. The molecule has 0 spiro atoms. The van der Waals surface area contributed by atoms with Crippen molar-refractivity contribution in [3.8, 4) is 0 Å².